The molecule has 12 atom stereocenters. The molecule has 0 heterocycles. The summed E-state index contributed by atoms with van der Waals surface area (Å²) in [6.07, 6.45) is 23.3. The van der Waals surface area contributed by atoms with Crippen LogP contribution < -0.4 is 0 Å². The Balaban J connectivity index is 1.02. The average Bonchev–Trinajstić information content (AvgIpc) is 3.48. The third-order valence-corrected chi connectivity index (χ3v) is 15.9. The number of hydrogen-bond acceptors (Lipinski definition) is 4. The summed E-state index contributed by atoms with van der Waals surface area (Å²) in [5, 5.41) is 31.2. The van der Waals surface area contributed by atoms with Crippen LogP contribution in [0.3, 0.4) is 0 Å². The summed E-state index contributed by atoms with van der Waals surface area (Å²) in [6, 6.07) is 0. The van der Waals surface area contributed by atoms with Crippen molar-refractivity contribution in [2.45, 2.75) is 143 Å². The highest BCUT2D eigenvalue weighted by atomic mass is 16.3. The largest absolute Gasteiger partial charge is 0.393 e. The molecular formula is C38H56N2O2. The van der Waals surface area contributed by atoms with E-state index in [1.165, 1.54) is 82.1 Å². The smallest absolute Gasteiger partial charge is 0.0724 e. The second kappa shape index (κ2) is 9.62. The third kappa shape index (κ3) is 3.85. The Labute approximate surface area is 254 Å². The minimum Gasteiger partial charge on any atom is -0.393 e. The molecule has 230 valence electrons. The van der Waals surface area contributed by atoms with Crippen LogP contribution in [0.25, 0.3) is 0 Å². The Bertz CT molecular complexity index is 1260. The fourth-order valence-electron chi connectivity index (χ4n) is 13.4. The van der Waals surface area contributed by atoms with Crippen LogP contribution in [0.1, 0.15) is 130 Å². The number of nitrogens with zero attached hydrogens (tertiary/aromatic N) is 2. The SMILES string of the molecule is C[C@]12CC[C@H](O)C=C1CC[C@@H]1[C@H]2CC[C@]2(C)C(=NN=C3CC[C@@H]4[C@H]5CC=C6C[C@@H](O)CC[C@]6(C)[C@@H]5CC[C@]34C)CC[C@H]12. The molecule has 0 bridgehead atoms. The zero-order chi connectivity index (χ0) is 29.1. The van der Waals surface area contributed by atoms with E-state index in [9.17, 15) is 10.2 Å². The fraction of sp³-hybridized carbons (Fsp3) is 0.842. The number of aliphatic hydroxyl groups is 2. The molecule has 0 aromatic rings. The van der Waals surface area contributed by atoms with Crippen molar-refractivity contribution in [1.82, 2.24) is 0 Å². The molecule has 0 unspecified atom stereocenters. The van der Waals surface area contributed by atoms with Gasteiger partial charge < -0.3 is 10.2 Å². The van der Waals surface area contributed by atoms with Crippen molar-refractivity contribution < 1.29 is 10.2 Å². The molecule has 0 saturated heterocycles. The molecule has 4 nitrogen and oxygen atoms in total. The highest BCUT2D eigenvalue weighted by Crippen LogP contribution is 2.66. The van der Waals surface area contributed by atoms with Crippen molar-refractivity contribution >= 4 is 11.4 Å². The highest BCUT2D eigenvalue weighted by molar-refractivity contribution is 5.95. The van der Waals surface area contributed by atoms with E-state index in [2.05, 4.69) is 39.8 Å². The summed E-state index contributed by atoms with van der Waals surface area (Å²) in [4.78, 5) is 0. The third-order valence-electron chi connectivity index (χ3n) is 15.9. The highest BCUT2D eigenvalue weighted by Gasteiger charge is 2.60. The minimum atomic E-state index is -0.216. The Kier molecular flexibility index (Phi) is 6.47. The summed E-state index contributed by atoms with van der Waals surface area (Å²) in [7, 11) is 0. The lowest BCUT2D eigenvalue weighted by Crippen LogP contribution is -2.50. The first-order valence-electron chi connectivity index (χ1n) is 18.0. The second-order valence-electron chi connectivity index (χ2n) is 17.4. The van der Waals surface area contributed by atoms with Crippen molar-refractivity contribution in [1.29, 1.82) is 0 Å². The molecule has 8 aliphatic carbocycles. The quantitative estimate of drug-likeness (QED) is 0.245. The van der Waals surface area contributed by atoms with Gasteiger partial charge in [-0.05, 0) is 149 Å². The van der Waals surface area contributed by atoms with E-state index in [-0.39, 0.29) is 23.0 Å². The number of allylic oxidation sites excluding steroid dienone is 2. The molecule has 42 heavy (non-hydrogen) atoms. The molecule has 8 aliphatic rings. The van der Waals surface area contributed by atoms with Crippen molar-refractivity contribution in [2.24, 2.45) is 67.4 Å². The van der Waals surface area contributed by atoms with Gasteiger partial charge in [0.05, 0.1) is 12.2 Å². The Hall–Kier alpha value is -1.26. The molecule has 0 spiro atoms. The van der Waals surface area contributed by atoms with Gasteiger partial charge in [0.25, 0.3) is 0 Å². The van der Waals surface area contributed by atoms with E-state index >= 15 is 0 Å². The van der Waals surface area contributed by atoms with Crippen LogP contribution in [0.2, 0.25) is 0 Å². The zero-order valence-corrected chi connectivity index (χ0v) is 26.9. The van der Waals surface area contributed by atoms with Crippen molar-refractivity contribution in [3.63, 3.8) is 0 Å². The maximum atomic E-state index is 10.4. The Morgan fingerprint density at radius 3 is 1.83 bits per heavy atom. The maximum Gasteiger partial charge on any atom is 0.0724 e. The van der Waals surface area contributed by atoms with E-state index in [0.29, 0.717) is 10.8 Å². The van der Waals surface area contributed by atoms with Crippen molar-refractivity contribution in [3.8, 4) is 0 Å². The van der Waals surface area contributed by atoms with Crippen LogP contribution in [-0.2, 0) is 0 Å². The number of hydrogen-bond donors (Lipinski definition) is 2. The van der Waals surface area contributed by atoms with E-state index in [0.717, 1.165) is 67.6 Å². The zero-order valence-electron chi connectivity index (χ0n) is 26.9. The first-order valence-corrected chi connectivity index (χ1v) is 18.0. The van der Waals surface area contributed by atoms with E-state index < -0.39 is 0 Å². The van der Waals surface area contributed by atoms with Gasteiger partial charge in [0, 0.05) is 22.3 Å². The molecule has 8 rings (SSSR count). The molecule has 0 amide bonds. The van der Waals surface area contributed by atoms with Gasteiger partial charge in [-0.1, -0.05) is 51.0 Å². The second-order valence-corrected chi connectivity index (χ2v) is 17.4. The van der Waals surface area contributed by atoms with Gasteiger partial charge in [0.2, 0.25) is 0 Å². The Morgan fingerprint density at radius 1 is 0.595 bits per heavy atom. The summed E-state index contributed by atoms with van der Waals surface area (Å²) in [6.45, 7) is 10.2. The van der Waals surface area contributed by atoms with Gasteiger partial charge in [-0.2, -0.15) is 10.2 Å². The van der Waals surface area contributed by atoms with E-state index in [1.807, 2.05) is 0 Å². The monoisotopic (exact) mass is 572 g/mol. The van der Waals surface area contributed by atoms with Crippen LogP contribution in [0.5, 0.6) is 0 Å². The summed E-state index contributed by atoms with van der Waals surface area (Å²) in [5.74, 6) is 4.61. The maximum absolute atomic E-state index is 10.4. The molecule has 0 aliphatic heterocycles. The van der Waals surface area contributed by atoms with Crippen LogP contribution in [-0.4, -0.2) is 33.8 Å². The van der Waals surface area contributed by atoms with Gasteiger partial charge >= 0.3 is 0 Å². The number of rotatable bonds is 1. The number of aliphatic hydroxyl groups excluding tert-OH is 2. The van der Waals surface area contributed by atoms with Crippen molar-refractivity contribution in [2.75, 3.05) is 0 Å². The van der Waals surface area contributed by atoms with Crippen LogP contribution in [0.4, 0.5) is 0 Å². The molecule has 6 saturated carbocycles. The first kappa shape index (κ1) is 28.2. The topological polar surface area (TPSA) is 65.2 Å². The predicted molar refractivity (Wildman–Crippen MR) is 170 cm³/mol. The van der Waals surface area contributed by atoms with Crippen molar-refractivity contribution in [3.05, 3.63) is 23.3 Å². The average molecular weight is 573 g/mol. The molecule has 0 radical (unpaired) electrons. The van der Waals surface area contributed by atoms with Gasteiger partial charge in [-0.3, -0.25) is 0 Å². The van der Waals surface area contributed by atoms with Gasteiger partial charge in [-0.15, -0.1) is 0 Å². The normalized spacial score (nSPS) is 55.1. The summed E-state index contributed by atoms with van der Waals surface area (Å²) < 4.78 is 0. The predicted octanol–water partition coefficient (Wildman–Crippen LogP) is 8.43. The molecule has 2 N–H and O–H groups in total. The Morgan fingerprint density at radius 2 is 1.14 bits per heavy atom. The lowest BCUT2D eigenvalue weighted by atomic mass is 9.47. The molecule has 0 aromatic carbocycles. The molecule has 0 aromatic heterocycles. The summed E-state index contributed by atoms with van der Waals surface area (Å²) in [5.41, 5.74) is 7.02. The minimum absolute atomic E-state index is 0.122. The van der Waals surface area contributed by atoms with E-state index in [1.54, 1.807) is 11.1 Å². The van der Waals surface area contributed by atoms with Gasteiger partial charge in [0.15, 0.2) is 0 Å². The molecular weight excluding hydrogens is 516 g/mol. The number of fused-ring (bicyclic) bond motifs is 10. The van der Waals surface area contributed by atoms with Crippen LogP contribution in [0.15, 0.2) is 33.5 Å². The first-order chi connectivity index (χ1) is 20.1. The van der Waals surface area contributed by atoms with Gasteiger partial charge in [-0.25, -0.2) is 0 Å². The lowest BCUT2D eigenvalue weighted by Gasteiger charge is -2.57. The fourth-order valence-corrected chi connectivity index (χ4v) is 13.4. The summed E-state index contributed by atoms with van der Waals surface area (Å²) >= 11 is 0. The lowest BCUT2D eigenvalue weighted by molar-refractivity contribution is -0.0250. The molecule has 4 heteroatoms. The van der Waals surface area contributed by atoms with E-state index in [4.69, 9.17) is 10.2 Å². The molecule has 6 fully saturated rings. The van der Waals surface area contributed by atoms with Crippen LogP contribution in [0, 0.1) is 57.2 Å². The van der Waals surface area contributed by atoms with Crippen LogP contribution >= 0.6 is 0 Å². The van der Waals surface area contributed by atoms with Gasteiger partial charge in [0.1, 0.15) is 0 Å². The standard InChI is InChI=1S/C38H56N2O2/c1-35-17-13-25(41)21-23(35)5-7-27-29-9-11-33(37(29,3)19-15-31(27)35)39-40-34-12-10-30-28-8-6-24-22-26(42)14-18-36(24,2)32(28)16-20-38(30,34)4/h5,22,25-32,41-42H,6-21H2,1-4H3/t25-,26-,27+,28-,29+,30+,31+,32+,35-,36-,37-,38-/m0/s1.